The Bertz CT molecular complexity index is 147. The number of hydrogen-bond acceptors (Lipinski definition) is 2. The van der Waals surface area contributed by atoms with Gasteiger partial charge < -0.3 is 10.6 Å². The van der Waals surface area contributed by atoms with Crippen LogP contribution in [0.4, 0.5) is 0 Å². The van der Waals surface area contributed by atoms with Crippen molar-refractivity contribution in [3.05, 3.63) is 0 Å². The average Bonchev–Trinajstić information content (AvgIpc) is 2.40. The topological polar surface area (TPSA) is 29.3 Å². The molecule has 1 saturated heterocycles. The zero-order valence-corrected chi connectivity index (χ0v) is 9.84. The van der Waals surface area contributed by atoms with E-state index in [1.165, 1.54) is 45.1 Å². The van der Waals surface area contributed by atoms with Gasteiger partial charge in [0.15, 0.2) is 0 Å². The van der Waals surface area contributed by atoms with E-state index in [9.17, 15) is 0 Å². The van der Waals surface area contributed by atoms with Gasteiger partial charge in [-0.2, -0.15) is 0 Å². The highest BCUT2D eigenvalue weighted by molar-refractivity contribution is 4.79. The van der Waals surface area contributed by atoms with Crippen molar-refractivity contribution >= 4 is 0 Å². The molecule has 0 radical (unpaired) electrons. The summed E-state index contributed by atoms with van der Waals surface area (Å²) in [7, 11) is 2.29. The maximum absolute atomic E-state index is 5.68. The zero-order valence-electron chi connectivity index (χ0n) is 9.84. The summed E-state index contributed by atoms with van der Waals surface area (Å²) in [6.07, 6.45) is 8.08. The Kier molecular flexibility index (Phi) is 5.49. The molecule has 0 aromatic rings. The van der Waals surface area contributed by atoms with Gasteiger partial charge in [-0.05, 0) is 45.3 Å². The molecule has 0 bridgehead atoms. The van der Waals surface area contributed by atoms with Gasteiger partial charge in [0.05, 0.1) is 0 Å². The number of nitrogens with zero attached hydrogens (tertiary/aromatic N) is 1. The maximum Gasteiger partial charge on any atom is 0.0121 e. The fourth-order valence-corrected chi connectivity index (χ4v) is 2.76. The molecule has 0 aromatic heterocycles. The van der Waals surface area contributed by atoms with E-state index in [-0.39, 0.29) is 0 Å². The van der Waals surface area contributed by atoms with Crippen LogP contribution in [0.1, 0.15) is 45.4 Å². The summed E-state index contributed by atoms with van der Waals surface area (Å²) < 4.78 is 0. The van der Waals surface area contributed by atoms with Gasteiger partial charge in [-0.3, -0.25) is 0 Å². The van der Waals surface area contributed by atoms with E-state index in [4.69, 9.17) is 5.73 Å². The van der Waals surface area contributed by atoms with Gasteiger partial charge in [-0.25, -0.2) is 0 Å². The minimum Gasteiger partial charge on any atom is -0.330 e. The molecule has 0 spiro atoms. The molecule has 0 aliphatic carbocycles. The first-order valence-corrected chi connectivity index (χ1v) is 6.20. The fraction of sp³-hybridized carbons (Fsp3) is 1.00. The molecule has 0 aromatic carbocycles. The molecule has 1 rings (SSSR count). The first-order chi connectivity index (χ1) is 6.79. The second kappa shape index (κ2) is 6.41. The van der Waals surface area contributed by atoms with Crippen LogP contribution in [-0.4, -0.2) is 31.1 Å². The van der Waals surface area contributed by atoms with Crippen LogP contribution in [0.25, 0.3) is 0 Å². The summed E-state index contributed by atoms with van der Waals surface area (Å²) in [6.45, 7) is 4.44. The second-order valence-corrected chi connectivity index (χ2v) is 4.64. The quantitative estimate of drug-likeness (QED) is 0.750. The zero-order chi connectivity index (χ0) is 10.4. The van der Waals surface area contributed by atoms with E-state index in [2.05, 4.69) is 18.9 Å². The third-order valence-electron chi connectivity index (χ3n) is 3.68. The Morgan fingerprint density at radius 3 is 2.79 bits per heavy atom. The minimum absolute atomic E-state index is 0.797. The summed E-state index contributed by atoms with van der Waals surface area (Å²) in [4.78, 5) is 2.57. The summed E-state index contributed by atoms with van der Waals surface area (Å²) in [5, 5.41) is 0. The molecule has 2 nitrogen and oxygen atoms in total. The molecule has 14 heavy (non-hydrogen) atoms. The van der Waals surface area contributed by atoms with Crippen LogP contribution >= 0.6 is 0 Å². The lowest BCUT2D eigenvalue weighted by Gasteiger charge is -2.32. The molecule has 2 unspecified atom stereocenters. The maximum atomic E-state index is 5.68. The lowest BCUT2D eigenvalue weighted by molar-refractivity contribution is 0.167. The number of hydrogen-bond donors (Lipinski definition) is 1. The van der Waals surface area contributed by atoms with Crippen molar-refractivity contribution in [2.45, 2.75) is 51.5 Å². The van der Waals surface area contributed by atoms with Crippen molar-refractivity contribution in [1.82, 2.24) is 4.90 Å². The van der Waals surface area contributed by atoms with Gasteiger partial charge >= 0.3 is 0 Å². The lowest BCUT2D eigenvalue weighted by Crippen LogP contribution is -2.38. The molecular weight excluding hydrogens is 172 g/mol. The summed E-state index contributed by atoms with van der Waals surface area (Å²) >= 11 is 0. The third kappa shape index (κ3) is 3.25. The summed E-state index contributed by atoms with van der Waals surface area (Å²) in [6, 6.07) is 0.797. The minimum atomic E-state index is 0.797. The van der Waals surface area contributed by atoms with Crippen molar-refractivity contribution in [3.63, 3.8) is 0 Å². The first-order valence-electron chi connectivity index (χ1n) is 6.20. The highest BCUT2D eigenvalue weighted by Gasteiger charge is 2.24. The van der Waals surface area contributed by atoms with Crippen molar-refractivity contribution < 1.29 is 0 Å². The van der Waals surface area contributed by atoms with Crippen molar-refractivity contribution in [2.24, 2.45) is 11.7 Å². The van der Waals surface area contributed by atoms with E-state index in [1.807, 2.05) is 0 Å². The molecule has 0 saturated carbocycles. The molecule has 0 amide bonds. The number of rotatable bonds is 4. The predicted molar refractivity (Wildman–Crippen MR) is 62.3 cm³/mol. The molecule has 2 N–H and O–H groups in total. The Hall–Kier alpha value is -0.0800. The standard InChI is InChI=1S/C12H26N2/c1-3-11(8-9-13)12-7-5-4-6-10-14(12)2/h11-12H,3-10,13H2,1-2H3. The third-order valence-corrected chi connectivity index (χ3v) is 3.68. The highest BCUT2D eigenvalue weighted by atomic mass is 15.1. The van der Waals surface area contributed by atoms with E-state index in [0.29, 0.717) is 0 Å². The Balaban J connectivity index is 2.51. The van der Waals surface area contributed by atoms with E-state index >= 15 is 0 Å². The van der Waals surface area contributed by atoms with Crippen LogP contribution < -0.4 is 5.73 Å². The van der Waals surface area contributed by atoms with Gasteiger partial charge in [-0.15, -0.1) is 0 Å². The monoisotopic (exact) mass is 198 g/mol. The SMILES string of the molecule is CCC(CCN)C1CCCCCN1C. The van der Waals surface area contributed by atoms with Gasteiger partial charge in [0, 0.05) is 6.04 Å². The largest absolute Gasteiger partial charge is 0.330 e. The molecular formula is C12H26N2. The molecule has 1 aliphatic rings. The predicted octanol–water partition coefficient (Wildman–Crippen LogP) is 2.24. The van der Waals surface area contributed by atoms with Crippen LogP contribution in [0, 0.1) is 5.92 Å². The number of nitrogens with two attached hydrogens (primary N) is 1. The van der Waals surface area contributed by atoms with Gasteiger partial charge in [0.2, 0.25) is 0 Å². The smallest absolute Gasteiger partial charge is 0.0121 e. The average molecular weight is 198 g/mol. The van der Waals surface area contributed by atoms with E-state index < -0.39 is 0 Å². The second-order valence-electron chi connectivity index (χ2n) is 4.64. The molecule has 84 valence electrons. The Labute approximate surface area is 88.8 Å². The van der Waals surface area contributed by atoms with Crippen molar-refractivity contribution in [3.8, 4) is 0 Å². The van der Waals surface area contributed by atoms with Crippen LogP contribution in [0.15, 0.2) is 0 Å². The summed E-state index contributed by atoms with van der Waals surface area (Å²) in [5.74, 6) is 0.822. The Morgan fingerprint density at radius 2 is 2.14 bits per heavy atom. The van der Waals surface area contributed by atoms with Gasteiger partial charge in [0.25, 0.3) is 0 Å². The Morgan fingerprint density at radius 1 is 1.36 bits per heavy atom. The normalized spacial score (nSPS) is 27.2. The van der Waals surface area contributed by atoms with Crippen LogP contribution in [-0.2, 0) is 0 Å². The van der Waals surface area contributed by atoms with E-state index in [1.54, 1.807) is 0 Å². The van der Waals surface area contributed by atoms with Crippen molar-refractivity contribution in [2.75, 3.05) is 20.1 Å². The first kappa shape index (κ1) is 12.0. The van der Waals surface area contributed by atoms with Crippen molar-refractivity contribution in [1.29, 1.82) is 0 Å². The molecule has 2 atom stereocenters. The summed E-state index contributed by atoms with van der Waals surface area (Å²) in [5.41, 5.74) is 5.68. The fourth-order valence-electron chi connectivity index (χ4n) is 2.76. The van der Waals surface area contributed by atoms with Crippen LogP contribution in [0.5, 0.6) is 0 Å². The van der Waals surface area contributed by atoms with Gasteiger partial charge in [-0.1, -0.05) is 26.2 Å². The van der Waals surface area contributed by atoms with Crippen LogP contribution in [0.2, 0.25) is 0 Å². The molecule has 1 aliphatic heterocycles. The van der Waals surface area contributed by atoms with E-state index in [0.717, 1.165) is 18.5 Å². The lowest BCUT2D eigenvalue weighted by atomic mass is 9.89. The molecule has 1 heterocycles. The van der Waals surface area contributed by atoms with Gasteiger partial charge in [0.1, 0.15) is 0 Å². The highest BCUT2D eigenvalue weighted by Crippen LogP contribution is 2.25. The molecule has 2 heteroatoms. The number of likely N-dealkylation sites (tertiary alicyclic amines) is 1. The van der Waals surface area contributed by atoms with Crippen LogP contribution in [0.3, 0.4) is 0 Å². The molecule has 1 fully saturated rings.